The van der Waals surface area contributed by atoms with E-state index >= 15 is 0 Å². The standard InChI is InChI=1S/C12H21N3O/c1-8(2)6-13-12(16)11(5)15-7-14-9(3)10(15)4/h7-8,11H,6H2,1-5H3,(H,13,16). The molecule has 1 heterocycles. The molecule has 4 heteroatoms. The summed E-state index contributed by atoms with van der Waals surface area (Å²) in [6, 6.07) is -0.194. The zero-order valence-electron chi connectivity index (χ0n) is 10.7. The molecule has 0 aliphatic carbocycles. The molecule has 1 aromatic rings. The van der Waals surface area contributed by atoms with E-state index in [1.807, 2.05) is 25.3 Å². The monoisotopic (exact) mass is 223 g/mol. The van der Waals surface area contributed by atoms with Crippen LogP contribution in [0.2, 0.25) is 0 Å². The van der Waals surface area contributed by atoms with Crippen LogP contribution in [0.4, 0.5) is 0 Å². The highest BCUT2D eigenvalue weighted by Crippen LogP contribution is 2.12. The Hall–Kier alpha value is -1.32. The van der Waals surface area contributed by atoms with Crippen molar-refractivity contribution in [3.05, 3.63) is 17.7 Å². The maximum Gasteiger partial charge on any atom is 0.242 e. The lowest BCUT2D eigenvalue weighted by Crippen LogP contribution is -2.33. The molecular formula is C12H21N3O. The minimum atomic E-state index is -0.194. The summed E-state index contributed by atoms with van der Waals surface area (Å²) >= 11 is 0. The Morgan fingerprint density at radius 3 is 2.50 bits per heavy atom. The normalized spacial score (nSPS) is 12.9. The number of rotatable bonds is 4. The number of imidazole rings is 1. The Morgan fingerprint density at radius 1 is 1.44 bits per heavy atom. The molecular weight excluding hydrogens is 202 g/mol. The Bertz CT molecular complexity index is 368. The summed E-state index contributed by atoms with van der Waals surface area (Å²) in [5.74, 6) is 0.524. The number of aromatic nitrogens is 2. The van der Waals surface area contributed by atoms with E-state index in [0.29, 0.717) is 5.92 Å². The zero-order chi connectivity index (χ0) is 12.3. The van der Waals surface area contributed by atoms with Gasteiger partial charge in [0.25, 0.3) is 0 Å². The second kappa shape index (κ2) is 5.14. The van der Waals surface area contributed by atoms with Crippen LogP contribution in [0.1, 0.15) is 38.2 Å². The van der Waals surface area contributed by atoms with Gasteiger partial charge in [-0.3, -0.25) is 4.79 Å². The lowest BCUT2D eigenvalue weighted by atomic mass is 10.2. The molecule has 16 heavy (non-hydrogen) atoms. The lowest BCUT2D eigenvalue weighted by Gasteiger charge is -2.16. The number of carbonyl (C=O) groups excluding carboxylic acids is 1. The molecule has 1 rings (SSSR count). The molecule has 0 fully saturated rings. The summed E-state index contributed by atoms with van der Waals surface area (Å²) in [4.78, 5) is 16.0. The fourth-order valence-electron chi connectivity index (χ4n) is 1.48. The van der Waals surface area contributed by atoms with Gasteiger partial charge in [-0.15, -0.1) is 0 Å². The first-order valence-electron chi connectivity index (χ1n) is 5.71. The molecule has 0 aliphatic rings. The third kappa shape index (κ3) is 2.84. The number of nitrogens with one attached hydrogen (secondary N) is 1. The molecule has 1 atom stereocenters. The van der Waals surface area contributed by atoms with Gasteiger partial charge in [0, 0.05) is 12.2 Å². The van der Waals surface area contributed by atoms with Gasteiger partial charge in [0.15, 0.2) is 0 Å². The summed E-state index contributed by atoms with van der Waals surface area (Å²) in [6.07, 6.45) is 1.73. The first-order chi connectivity index (χ1) is 7.43. The van der Waals surface area contributed by atoms with E-state index in [0.717, 1.165) is 17.9 Å². The lowest BCUT2D eigenvalue weighted by molar-refractivity contribution is -0.124. The SMILES string of the molecule is Cc1ncn(C(C)C(=O)NCC(C)C)c1C. The van der Waals surface area contributed by atoms with Crippen molar-refractivity contribution in [2.75, 3.05) is 6.54 Å². The van der Waals surface area contributed by atoms with Crippen molar-refractivity contribution >= 4 is 5.91 Å². The fourth-order valence-corrected chi connectivity index (χ4v) is 1.48. The minimum Gasteiger partial charge on any atom is -0.354 e. The number of carbonyl (C=O) groups is 1. The highest BCUT2D eigenvalue weighted by atomic mass is 16.2. The second-order valence-electron chi connectivity index (χ2n) is 4.64. The summed E-state index contributed by atoms with van der Waals surface area (Å²) < 4.78 is 1.91. The fraction of sp³-hybridized carbons (Fsp3) is 0.667. The minimum absolute atomic E-state index is 0.0502. The summed E-state index contributed by atoms with van der Waals surface area (Å²) in [5.41, 5.74) is 2.02. The molecule has 0 radical (unpaired) electrons. The summed E-state index contributed by atoms with van der Waals surface area (Å²) in [6.45, 7) is 10.7. The maximum absolute atomic E-state index is 11.8. The molecule has 90 valence electrons. The van der Waals surface area contributed by atoms with E-state index in [4.69, 9.17) is 0 Å². The molecule has 0 saturated carbocycles. The van der Waals surface area contributed by atoms with Crippen LogP contribution >= 0.6 is 0 Å². The average Bonchev–Trinajstić information content (AvgIpc) is 2.55. The number of amides is 1. The number of aryl methyl sites for hydroxylation is 1. The predicted molar refractivity (Wildman–Crippen MR) is 64.3 cm³/mol. The van der Waals surface area contributed by atoms with Crippen LogP contribution in [0.15, 0.2) is 6.33 Å². The molecule has 1 N–H and O–H groups in total. The van der Waals surface area contributed by atoms with Gasteiger partial charge >= 0.3 is 0 Å². The van der Waals surface area contributed by atoms with Crippen molar-refractivity contribution in [2.45, 2.75) is 40.7 Å². The van der Waals surface area contributed by atoms with E-state index in [2.05, 4.69) is 24.1 Å². The molecule has 1 unspecified atom stereocenters. The van der Waals surface area contributed by atoms with Gasteiger partial charge in [-0.05, 0) is 26.7 Å². The van der Waals surface area contributed by atoms with E-state index in [9.17, 15) is 4.79 Å². The van der Waals surface area contributed by atoms with Gasteiger partial charge in [0.1, 0.15) is 6.04 Å². The van der Waals surface area contributed by atoms with Crippen molar-refractivity contribution in [3.63, 3.8) is 0 Å². The topological polar surface area (TPSA) is 46.9 Å². The van der Waals surface area contributed by atoms with Crippen LogP contribution in [0.25, 0.3) is 0 Å². The molecule has 0 aromatic carbocycles. The zero-order valence-corrected chi connectivity index (χ0v) is 10.7. The van der Waals surface area contributed by atoms with Crippen molar-refractivity contribution < 1.29 is 4.79 Å². The summed E-state index contributed by atoms with van der Waals surface area (Å²) in [5, 5.41) is 2.93. The van der Waals surface area contributed by atoms with Gasteiger partial charge in [-0.2, -0.15) is 0 Å². The van der Waals surface area contributed by atoms with Crippen LogP contribution in [0, 0.1) is 19.8 Å². The third-order valence-corrected chi connectivity index (χ3v) is 2.77. The van der Waals surface area contributed by atoms with Gasteiger partial charge in [0.2, 0.25) is 5.91 Å². The number of hydrogen-bond acceptors (Lipinski definition) is 2. The van der Waals surface area contributed by atoms with Gasteiger partial charge < -0.3 is 9.88 Å². The maximum atomic E-state index is 11.8. The Morgan fingerprint density at radius 2 is 2.06 bits per heavy atom. The highest BCUT2D eigenvalue weighted by molar-refractivity contribution is 5.79. The van der Waals surface area contributed by atoms with Crippen molar-refractivity contribution in [1.82, 2.24) is 14.9 Å². The quantitative estimate of drug-likeness (QED) is 0.846. The van der Waals surface area contributed by atoms with Crippen LogP contribution < -0.4 is 5.32 Å². The van der Waals surface area contributed by atoms with Crippen LogP contribution in [0.5, 0.6) is 0 Å². The summed E-state index contributed by atoms with van der Waals surface area (Å²) in [7, 11) is 0. The average molecular weight is 223 g/mol. The van der Waals surface area contributed by atoms with E-state index in [-0.39, 0.29) is 11.9 Å². The Balaban J connectivity index is 2.67. The largest absolute Gasteiger partial charge is 0.354 e. The van der Waals surface area contributed by atoms with Gasteiger partial charge in [-0.1, -0.05) is 13.8 Å². The Kier molecular flexibility index (Phi) is 4.10. The molecule has 0 saturated heterocycles. The molecule has 0 aliphatic heterocycles. The number of hydrogen-bond donors (Lipinski definition) is 1. The Labute approximate surface area is 97.1 Å². The van der Waals surface area contributed by atoms with Gasteiger partial charge in [-0.25, -0.2) is 4.98 Å². The smallest absolute Gasteiger partial charge is 0.242 e. The van der Waals surface area contributed by atoms with E-state index in [1.54, 1.807) is 6.33 Å². The van der Waals surface area contributed by atoms with E-state index in [1.165, 1.54) is 0 Å². The van der Waals surface area contributed by atoms with Crippen LogP contribution in [-0.2, 0) is 4.79 Å². The molecule has 4 nitrogen and oxygen atoms in total. The van der Waals surface area contributed by atoms with Crippen molar-refractivity contribution in [1.29, 1.82) is 0 Å². The first-order valence-corrected chi connectivity index (χ1v) is 5.71. The van der Waals surface area contributed by atoms with Gasteiger partial charge in [0.05, 0.1) is 12.0 Å². The molecule has 0 spiro atoms. The molecule has 1 amide bonds. The highest BCUT2D eigenvalue weighted by Gasteiger charge is 2.17. The van der Waals surface area contributed by atoms with Crippen LogP contribution in [0.3, 0.4) is 0 Å². The van der Waals surface area contributed by atoms with Crippen molar-refractivity contribution in [3.8, 4) is 0 Å². The third-order valence-electron chi connectivity index (χ3n) is 2.77. The predicted octanol–water partition coefficient (Wildman–Crippen LogP) is 1.83. The first kappa shape index (κ1) is 12.7. The van der Waals surface area contributed by atoms with Crippen LogP contribution in [-0.4, -0.2) is 22.0 Å². The number of nitrogens with zero attached hydrogens (tertiary/aromatic N) is 2. The van der Waals surface area contributed by atoms with Crippen molar-refractivity contribution in [2.24, 2.45) is 5.92 Å². The molecule has 1 aromatic heterocycles. The molecule has 0 bridgehead atoms. The second-order valence-corrected chi connectivity index (χ2v) is 4.64. The van der Waals surface area contributed by atoms with E-state index < -0.39 is 0 Å².